The van der Waals surface area contributed by atoms with Crippen LogP contribution in [0.5, 0.6) is 0 Å². The summed E-state index contributed by atoms with van der Waals surface area (Å²) in [7, 11) is 0. The summed E-state index contributed by atoms with van der Waals surface area (Å²) in [5.74, 6) is 0. The van der Waals surface area contributed by atoms with Crippen molar-refractivity contribution >= 4 is 0 Å². The summed E-state index contributed by atoms with van der Waals surface area (Å²) in [6, 6.07) is 55.9. The molecule has 56 heavy (non-hydrogen) atoms. The second kappa shape index (κ2) is 18.5. The zero-order valence-electron chi connectivity index (χ0n) is 31.5. The zero-order valence-corrected chi connectivity index (χ0v) is 31.5. The average molecular weight is 742 g/mol. The molecule has 6 nitrogen and oxygen atoms in total. The minimum Gasteiger partial charge on any atom is -0.374 e. The highest BCUT2D eigenvalue weighted by atomic mass is 16.6. The van der Waals surface area contributed by atoms with Crippen LogP contribution in [0.15, 0.2) is 158 Å². The molecule has 0 amide bonds. The van der Waals surface area contributed by atoms with Gasteiger partial charge in [-0.15, -0.1) is 0 Å². The number of benzene rings is 6. The number of rotatable bonds is 16. The van der Waals surface area contributed by atoms with Crippen LogP contribution in [0.2, 0.25) is 0 Å². The van der Waals surface area contributed by atoms with Crippen LogP contribution in [-0.2, 0) is 69.4 Å². The van der Waals surface area contributed by atoms with E-state index < -0.39 is 30.5 Å². The van der Waals surface area contributed by atoms with Crippen molar-refractivity contribution in [3.8, 4) is 6.07 Å². The fourth-order valence-electron chi connectivity index (χ4n) is 7.68. The maximum absolute atomic E-state index is 10.3. The molecule has 8 rings (SSSR count). The smallest absolute Gasteiger partial charge is 0.117 e. The third-order valence-electron chi connectivity index (χ3n) is 10.8. The molecule has 0 unspecified atom stereocenters. The van der Waals surface area contributed by atoms with Gasteiger partial charge in [0, 0.05) is 0 Å². The van der Waals surface area contributed by atoms with Gasteiger partial charge in [-0.2, -0.15) is 5.26 Å². The minimum absolute atomic E-state index is 0.277. The SMILES string of the molecule is N#Cc1ccc([C@@H]2O[C@H](COCc3ccccc3)[C@@H](OCc3ccccc3)[C@H](OCc3ccccc3)[C@H]2OCc2ccccc2)cc1Cc1ccc2c(c1)CC2. The number of nitriles is 1. The Bertz CT molecular complexity index is 2190. The van der Waals surface area contributed by atoms with Gasteiger partial charge >= 0.3 is 0 Å². The highest BCUT2D eigenvalue weighted by Crippen LogP contribution is 2.39. The minimum atomic E-state index is -0.567. The van der Waals surface area contributed by atoms with Crippen LogP contribution in [0.4, 0.5) is 0 Å². The van der Waals surface area contributed by atoms with Gasteiger partial charge in [-0.05, 0) is 75.4 Å². The van der Waals surface area contributed by atoms with Crippen molar-refractivity contribution in [3.63, 3.8) is 0 Å². The summed E-state index contributed by atoms with van der Waals surface area (Å²) >= 11 is 0. The lowest BCUT2D eigenvalue weighted by Gasteiger charge is -2.46. The molecule has 0 aromatic heterocycles. The van der Waals surface area contributed by atoms with E-state index in [9.17, 15) is 5.26 Å². The highest BCUT2D eigenvalue weighted by molar-refractivity contribution is 5.46. The van der Waals surface area contributed by atoms with Gasteiger partial charge in [-0.3, -0.25) is 0 Å². The normalized spacial score (nSPS) is 20.1. The molecule has 0 N–H and O–H groups in total. The first-order valence-corrected chi connectivity index (χ1v) is 19.6. The van der Waals surface area contributed by atoms with E-state index in [-0.39, 0.29) is 6.61 Å². The van der Waals surface area contributed by atoms with Crippen LogP contribution in [0.25, 0.3) is 0 Å². The number of fused-ring (bicyclic) bond motifs is 1. The number of nitrogens with zero attached hydrogens (tertiary/aromatic N) is 1. The van der Waals surface area contributed by atoms with Gasteiger partial charge in [-0.1, -0.05) is 152 Å². The first-order chi connectivity index (χ1) is 27.7. The number of aryl methyl sites for hydroxylation is 2. The first-order valence-electron chi connectivity index (χ1n) is 19.6. The predicted octanol–water partition coefficient (Wildman–Crippen LogP) is 9.66. The summed E-state index contributed by atoms with van der Waals surface area (Å²) in [6.07, 6.45) is 0.190. The van der Waals surface area contributed by atoms with Gasteiger partial charge in [0.1, 0.15) is 30.5 Å². The number of ether oxygens (including phenoxy) is 5. The Morgan fingerprint density at radius 1 is 0.518 bits per heavy atom. The second-order valence-corrected chi connectivity index (χ2v) is 14.7. The van der Waals surface area contributed by atoms with E-state index in [1.807, 2.05) is 84.9 Å². The lowest BCUT2D eigenvalue weighted by Crippen LogP contribution is -2.58. The lowest BCUT2D eigenvalue weighted by molar-refractivity contribution is -0.275. The van der Waals surface area contributed by atoms with E-state index in [0.29, 0.717) is 38.4 Å². The van der Waals surface area contributed by atoms with Crippen LogP contribution in [0, 0.1) is 11.3 Å². The van der Waals surface area contributed by atoms with Crippen molar-refractivity contribution in [2.24, 2.45) is 0 Å². The molecule has 0 spiro atoms. The predicted molar refractivity (Wildman–Crippen MR) is 217 cm³/mol. The molecule has 1 aliphatic heterocycles. The maximum Gasteiger partial charge on any atom is 0.117 e. The van der Waals surface area contributed by atoms with Gasteiger partial charge in [-0.25, -0.2) is 0 Å². The Morgan fingerprint density at radius 2 is 1.05 bits per heavy atom. The zero-order chi connectivity index (χ0) is 37.9. The Balaban J connectivity index is 1.17. The summed E-state index contributed by atoms with van der Waals surface area (Å²) in [4.78, 5) is 0. The van der Waals surface area contributed by atoms with Crippen molar-refractivity contribution in [1.82, 2.24) is 0 Å². The van der Waals surface area contributed by atoms with Crippen LogP contribution in [0.3, 0.4) is 0 Å². The summed E-state index contributed by atoms with van der Waals surface area (Å²) in [5, 5.41) is 10.3. The summed E-state index contributed by atoms with van der Waals surface area (Å²) in [5.41, 5.74) is 10.8. The standard InChI is InChI=1S/C50H47NO5/c51-30-44-26-25-43(29-45(44)28-40-21-22-41-23-24-42(41)27-40)47-49(54-33-38-17-9-3-10-18-38)50(55-34-39-19-11-4-12-20-39)48(53-32-37-15-7-2-8-16-37)46(56-47)35-52-31-36-13-5-1-6-14-36/h1-22,25-27,29,46-50H,23-24,28,31-35H2/t46-,47+,48-,49+,50+/m1/s1. The monoisotopic (exact) mass is 741 g/mol. The van der Waals surface area contributed by atoms with Gasteiger partial charge in [0.25, 0.3) is 0 Å². The largest absolute Gasteiger partial charge is 0.374 e. The molecule has 6 aromatic carbocycles. The molecule has 5 atom stereocenters. The molecule has 6 heteroatoms. The third kappa shape index (κ3) is 9.34. The van der Waals surface area contributed by atoms with Gasteiger partial charge < -0.3 is 23.7 Å². The van der Waals surface area contributed by atoms with E-state index in [1.165, 1.54) is 16.7 Å². The van der Waals surface area contributed by atoms with Crippen LogP contribution >= 0.6 is 0 Å². The quantitative estimate of drug-likeness (QED) is 0.0985. The lowest BCUT2D eigenvalue weighted by atomic mass is 9.85. The molecule has 0 radical (unpaired) electrons. The molecular weight excluding hydrogens is 695 g/mol. The van der Waals surface area contributed by atoms with Crippen LogP contribution < -0.4 is 0 Å². The van der Waals surface area contributed by atoms with E-state index in [0.717, 1.165) is 46.2 Å². The molecule has 0 bridgehead atoms. The van der Waals surface area contributed by atoms with Gasteiger partial charge in [0.2, 0.25) is 0 Å². The molecule has 6 aromatic rings. The molecule has 2 aliphatic rings. The average Bonchev–Trinajstić information content (AvgIpc) is 3.24. The van der Waals surface area contributed by atoms with Gasteiger partial charge in [0.15, 0.2) is 0 Å². The number of hydrogen-bond donors (Lipinski definition) is 0. The topological polar surface area (TPSA) is 69.9 Å². The van der Waals surface area contributed by atoms with E-state index in [4.69, 9.17) is 23.7 Å². The Morgan fingerprint density at radius 3 is 1.59 bits per heavy atom. The molecule has 1 saturated heterocycles. The molecule has 1 heterocycles. The Labute approximate surface area is 330 Å². The fraction of sp³-hybridized carbons (Fsp3) is 0.260. The van der Waals surface area contributed by atoms with Crippen molar-refractivity contribution in [1.29, 1.82) is 5.26 Å². The molecule has 282 valence electrons. The van der Waals surface area contributed by atoms with Crippen LogP contribution in [0.1, 0.15) is 61.7 Å². The highest BCUT2D eigenvalue weighted by Gasteiger charge is 2.49. The summed E-state index contributed by atoms with van der Waals surface area (Å²) < 4.78 is 34.4. The number of hydrogen-bond acceptors (Lipinski definition) is 6. The van der Waals surface area contributed by atoms with Crippen LogP contribution in [-0.4, -0.2) is 31.0 Å². The van der Waals surface area contributed by atoms with Crippen molar-refractivity contribution < 1.29 is 23.7 Å². The summed E-state index contributed by atoms with van der Waals surface area (Å²) in [6.45, 7) is 1.80. The third-order valence-corrected chi connectivity index (χ3v) is 10.8. The van der Waals surface area contributed by atoms with Gasteiger partial charge in [0.05, 0.1) is 44.7 Å². The first kappa shape index (κ1) is 37.5. The maximum atomic E-state index is 10.3. The van der Waals surface area contributed by atoms with Crippen molar-refractivity contribution in [2.75, 3.05) is 6.61 Å². The Kier molecular flexibility index (Phi) is 12.4. The molecule has 1 aliphatic carbocycles. The molecular formula is C50H47NO5. The van der Waals surface area contributed by atoms with Crippen molar-refractivity contribution in [3.05, 3.63) is 213 Å². The Hall–Kier alpha value is -5.39. The second-order valence-electron chi connectivity index (χ2n) is 14.7. The fourth-order valence-corrected chi connectivity index (χ4v) is 7.68. The van der Waals surface area contributed by atoms with E-state index in [1.54, 1.807) is 0 Å². The van der Waals surface area contributed by atoms with E-state index in [2.05, 4.69) is 78.9 Å². The molecule has 1 fully saturated rings. The van der Waals surface area contributed by atoms with E-state index >= 15 is 0 Å². The van der Waals surface area contributed by atoms with Crippen molar-refractivity contribution in [2.45, 2.75) is 76.2 Å². The molecule has 0 saturated carbocycles.